The SMILES string of the molecule is CCCC(C)(C)Oc1ccc(CCNCC(O)c2cccc(Cl)c2)cc1. The van der Waals surface area contributed by atoms with Crippen molar-refractivity contribution in [2.75, 3.05) is 13.1 Å². The van der Waals surface area contributed by atoms with Gasteiger partial charge in [-0.05, 0) is 68.6 Å². The van der Waals surface area contributed by atoms with Gasteiger partial charge in [0.15, 0.2) is 0 Å². The standard InChI is InChI=1S/C22H30ClNO2/c1-4-13-22(2,3)26-20-10-8-17(9-11-20)12-14-24-16-21(25)18-6-5-7-19(23)15-18/h5-11,15,21,24-25H,4,12-14,16H2,1-3H3. The number of hydrogen-bond acceptors (Lipinski definition) is 3. The molecular formula is C22H30ClNO2. The molecule has 0 fully saturated rings. The second-order valence-electron chi connectivity index (χ2n) is 7.28. The molecule has 0 saturated carbocycles. The lowest BCUT2D eigenvalue weighted by atomic mass is 10.0. The van der Waals surface area contributed by atoms with E-state index in [1.807, 2.05) is 30.3 Å². The van der Waals surface area contributed by atoms with Crippen molar-refractivity contribution in [2.24, 2.45) is 0 Å². The van der Waals surface area contributed by atoms with Crippen LogP contribution in [-0.4, -0.2) is 23.8 Å². The molecule has 3 nitrogen and oxygen atoms in total. The van der Waals surface area contributed by atoms with E-state index in [0.717, 1.165) is 37.1 Å². The third-order valence-corrected chi connectivity index (χ3v) is 4.57. The molecule has 0 saturated heterocycles. The van der Waals surface area contributed by atoms with Gasteiger partial charge in [0.25, 0.3) is 0 Å². The molecule has 0 aromatic heterocycles. The molecule has 4 heteroatoms. The highest BCUT2D eigenvalue weighted by molar-refractivity contribution is 6.30. The smallest absolute Gasteiger partial charge is 0.120 e. The van der Waals surface area contributed by atoms with Crippen molar-refractivity contribution in [3.05, 3.63) is 64.7 Å². The number of rotatable bonds is 10. The molecule has 0 radical (unpaired) electrons. The number of hydrogen-bond donors (Lipinski definition) is 2. The summed E-state index contributed by atoms with van der Waals surface area (Å²) in [5, 5.41) is 14.1. The lowest BCUT2D eigenvalue weighted by Crippen LogP contribution is -2.27. The van der Waals surface area contributed by atoms with Crippen LogP contribution in [0.5, 0.6) is 5.75 Å². The summed E-state index contributed by atoms with van der Waals surface area (Å²) in [5.41, 5.74) is 1.95. The van der Waals surface area contributed by atoms with Gasteiger partial charge in [0.1, 0.15) is 11.4 Å². The van der Waals surface area contributed by atoms with Crippen molar-refractivity contribution in [2.45, 2.75) is 51.7 Å². The Morgan fingerprint density at radius 1 is 1.15 bits per heavy atom. The highest BCUT2D eigenvalue weighted by Gasteiger charge is 2.18. The van der Waals surface area contributed by atoms with Gasteiger partial charge >= 0.3 is 0 Å². The minimum absolute atomic E-state index is 0.131. The van der Waals surface area contributed by atoms with Crippen LogP contribution in [0.3, 0.4) is 0 Å². The minimum atomic E-state index is -0.551. The predicted octanol–water partition coefficient (Wildman–Crippen LogP) is 5.16. The molecule has 0 heterocycles. The lowest BCUT2D eigenvalue weighted by Gasteiger charge is -2.26. The van der Waals surface area contributed by atoms with E-state index in [-0.39, 0.29) is 5.60 Å². The summed E-state index contributed by atoms with van der Waals surface area (Å²) in [6.07, 6.45) is 2.50. The largest absolute Gasteiger partial charge is 0.488 e. The van der Waals surface area contributed by atoms with Gasteiger partial charge in [-0.15, -0.1) is 0 Å². The molecule has 0 aliphatic heterocycles. The molecule has 1 unspecified atom stereocenters. The Hall–Kier alpha value is -1.55. The topological polar surface area (TPSA) is 41.5 Å². The number of benzene rings is 2. The molecule has 2 aromatic carbocycles. The monoisotopic (exact) mass is 375 g/mol. The predicted molar refractivity (Wildman–Crippen MR) is 109 cm³/mol. The number of halogens is 1. The van der Waals surface area contributed by atoms with Gasteiger partial charge in [-0.1, -0.05) is 49.2 Å². The van der Waals surface area contributed by atoms with Crippen molar-refractivity contribution in [3.63, 3.8) is 0 Å². The Balaban J connectivity index is 1.74. The first-order valence-electron chi connectivity index (χ1n) is 9.32. The number of ether oxygens (including phenoxy) is 1. The average Bonchev–Trinajstić information content (AvgIpc) is 2.59. The van der Waals surface area contributed by atoms with Crippen molar-refractivity contribution >= 4 is 11.6 Å². The van der Waals surface area contributed by atoms with Crippen LogP contribution >= 0.6 is 11.6 Å². The van der Waals surface area contributed by atoms with E-state index in [1.165, 1.54) is 5.56 Å². The first-order chi connectivity index (χ1) is 12.4. The van der Waals surface area contributed by atoms with Crippen LogP contribution in [0, 0.1) is 0 Å². The fourth-order valence-corrected chi connectivity index (χ4v) is 3.20. The third-order valence-electron chi connectivity index (χ3n) is 4.33. The first-order valence-corrected chi connectivity index (χ1v) is 9.69. The fourth-order valence-electron chi connectivity index (χ4n) is 3.00. The van der Waals surface area contributed by atoms with E-state index >= 15 is 0 Å². The second kappa shape index (κ2) is 9.96. The number of nitrogens with one attached hydrogen (secondary N) is 1. The van der Waals surface area contributed by atoms with E-state index in [1.54, 1.807) is 6.07 Å². The van der Waals surface area contributed by atoms with E-state index < -0.39 is 6.10 Å². The maximum Gasteiger partial charge on any atom is 0.120 e. The summed E-state index contributed by atoms with van der Waals surface area (Å²) >= 11 is 5.96. The first kappa shape index (κ1) is 20.8. The molecule has 2 aromatic rings. The van der Waals surface area contributed by atoms with Crippen LogP contribution in [0.2, 0.25) is 5.02 Å². The lowest BCUT2D eigenvalue weighted by molar-refractivity contribution is 0.0986. The fraction of sp³-hybridized carbons (Fsp3) is 0.455. The highest BCUT2D eigenvalue weighted by atomic mass is 35.5. The normalized spacial score (nSPS) is 12.8. The summed E-state index contributed by atoms with van der Waals surface area (Å²) in [6, 6.07) is 15.6. The van der Waals surface area contributed by atoms with Crippen LogP contribution < -0.4 is 10.1 Å². The van der Waals surface area contributed by atoms with Gasteiger partial charge in [0, 0.05) is 11.6 Å². The molecule has 0 bridgehead atoms. The van der Waals surface area contributed by atoms with Crippen LogP contribution in [0.1, 0.15) is 50.8 Å². The molecule has 26 heavy (non-hydrogen) atoms. The van der Waals surface area contributed by atoms with Crippen LogP contribution in [0.4, 0.5) is 0 Å². The van der Waals surface area contributed by atoms with Crippen molar-refractivity contribution in [1.82, 2.24) is 5.32 Å². The maximum absolute atomic E-state index is 10.2. The summed E-state index contributed by atoms with van der Waals surface area (Å²) in [5.74, 6) is 0.913. The summed E-state index contributed by atoms with van der Waals surface area (Å²) < 4.78 is 6.05. The summed E-state index contributed by atoms with van der Waals surface area (Å²) in [6.45, 7) is 7.73. The molecule has 0 amide bonds. The van der Waals surface area contributed by atoms with Crippen molar-refractivity contribution in [3.8, 4) is 5.75 Å². The van der Waals surface area contributed by atoms with E-state index in [2.05, 4.69) is 38.2 Å². The van der Waals surface area contributed by atoms with Crippen LogP contribution in [0.15, 0.2) is 48.5 Å². The zero-order chi connectivity index (χ0) is 19.0. The number of aliphatic hydroxyl groups excluding tert-OH is 1. The number of aliphatic hydroxyl groups is 1. The van der Waals surface area contributed by atoms with Crippen molar-refractivity contribution < 1.29 is 9.84 Å². The Morgan fingerprint density at radius 2 is 1.88 bits per heavy atom. The zero-order valence-corrected chi connectivity index (χ0v) is 16.7. The Labute approximate surface area is 162 Å². The summed E-state index contributed by atoms with van der Waals surface area (Å²) in [4.78, 5) is 0. The average molecular weight is 376 g/mol. The van der Waals surface area contributed by atoms with Crippen LogP contribution in [-0.2, 0) is 6.42 Å². The van der Waals surface area contributed by atoms with E-state index in [0.29, 0.717) is 11.6 Å². The molecule has 0 aliphatic carbocycles. The van der Waals surface area contributed by atoms with Gasteiger partial charge in [0.05, 0.1) is 6.10 Å². The second-order valence-corrected chi connectivity index (χ2v) is 7.72. The Morgan fingerprint density at radius 3 is 2.54 bits per heavy atom. The van der Waals surface area contributed by atoms with Gasteiger partial charge < -0.3 is 15.2 Å². The van der Waals surface area contributed by atoms with Gasteiger partial charge in [-0.3, -0.25) is 0 Å². The molecule has 2 rings (SSSR count). The van der Waals surface area contributed by atoms with Gasteiger partial charge in [0.2, 0.25) is 0 Å². The Bertz CT molecular complexity index is 670. The highest BCUT2D eigenvalue weighted by Crippen LogP contribution is 2.22. The maximum atomic E-state index is 10.2. The minimum Gasteiger partial charge on any atom is -0.488 e. The van der Waals surface area contributed by atoms with Crippen molar-refractivity contribution in [1.29, 1.82) is 0 Å². The molecular weight excluding hydrogens is 346 g/mol. The zero-order valence-electron chi connectivity index (χ0n) is 16.0. The van der Waals surface area contributed by atoms with E-state index in [4.69, 9.17) is 16.3 Å². The molecule has 0 spiro atoms. The van der Waals surface area contributed by atoms with E-state index in [9.17, 15) is 5.11 Å². The van der Waals surface area contributed by atoms with Crippen LogP contribution in [0.25, 0.3) is 0 Å². The molecule has 142 valence electrons. The van der Waals surface area contributed by atoms with Gasteiger partial charge in [-0.25, -0.2) is 0 Å². The van der Waals surface area contributed by atoms with Gasteiger partial charge in [-0.2, -0.15) is 0 Å². The Kier molecular flexibility index (Phi) is 7.95. The third kappa shape index (κ3) is 6.99. The molecule has 1 atom stereocenters. The summed E-state index contributed by atoms with van der Waals surface area (Å²) in [7, 11) is 0. The molecule has 0 aliphatic rings. The molecule has 2 N–H and O–H groups in total. The quantitative estimate of drug-likeness (QED) is 0.563.